The first-order valence-electron chi connectivity index (χ1n) is 16.6. The van der Waals surface area contributed by atoms with E-state index < -0.39 is 5.97 Å². The monoisotopic (exact) mass is 658 g/mol. The summed E-state index contributed by atoms with van der Waals surface area (Å²) in [6.07, 6.45) is 6.39. The van der Waals surface area contributed by atoms with Crippen molar-refractivity contribution in [1.29, 1.82) is 0 Å². The molecule has 1 unspecified atom stereocenters. The van der Waals surface area contributed by atoms with Crippen molar-refractivity contribution in [2.24, 2.45) is 0 Å². The third-order valence-corrected chi connectivity index (χ3v) is 8.48. The molecular formula is C36H54N2O9. The van der Waals surface area contributed by atoms with Gasteiger partial charge >= 0.3 is 5.97 Å². The first kappa shape index (κ1) is 37.8. The number of esters is 1. The lowest BCUT2D eigenvalue weighted by Crippen LogP contribution is -2.33. The maximum atomic E-state index is 13.5. The standard InChI is InChI=1S/C36H54N2O9/c1-8-9-10-15-37-16-12-17-38(20-19-37)18-14-29(47-36(40)28-24-31(42-4)34(44-6)32(25-28)43-5)13-11-21-46-33-23-27(26(2)39)22-30(41-3)35(33)45-7/h22-25,29H,8-21H2,1-7H3. The highest BCUT2D eigenvalue weighted by atomic mass is 16.6. The molecule has 3 rings (SSSR count). The first-order valence-corrected chi connectivity index (χ1v) is 16.6. The third kappa shape index (κ3) is 11.2. The van der Waals surface area contributed by atoms with Crippen LogP contribution in [-0.4, -0.2) is 109 Å². The molecule has 11 nitrogen and oxygen atoms in total. The second-order valence-electron chi connectivity index (χ2n) is 11.7. The fourth-order valence-corrected chi connectivity index (χ4v) is 5.80. The van der Waals surface area contributed by atoms with Crippen molar-refractivity contribution < 1.29 is 42.7 Å². The third-order valence-electron chi connectivity index (χ3n) is 8.48. The average molecular weight is 659 g/mol. The van der Waals surface area contributed by atoms with Crippen molar-refractivity contribution in [1.82, 2.24) is 9.80 Å². The quantitative estimate of drug-likeness (QED) is 0.0964. The molecule has 1 heterocycles. The van der Waals surface area contributed by atoms with E-state index >= 15 is 0 Å². The molecule has 0 aliphatic carbocycles. The summed E-state index contributed by atoms with van der Waals surface area (Å²) in [6, 6.07) is 6.51. The summed E-state index contributed by atoms with van der Waals surface area (Å²) in [5.74, 6) is 1.88. The van der Waals surface area contributed by atoms with Gasteiger partial charge in [0.05, 0.1) is 47.7 Å². The molecule has 1 aliphatic rings. The lowest BCUT2D eigenvalue weighted by atomic mass is 10.1. The van der Waals surface area contributed by atoms with Gasteiger partial charge in [0.1, 0.15) is 6.10 Å². The van der Waals surface area contributed by atoms with Crippen molar-refractivity contribution in [2.75, 3.05) is 81.4 Å². The Bertz CT molecular complexity index is 1260. The summed E-state index contributed by atoms with van der Waals surface area (Å²) >= 11 is 0. The van der Waals surface area contributed by atoms with Crippen LogP contribution in [0.25, 0.3) is 0 Å². The van der Waals surface area contributed by atoms with Gasteiger partial charge in [0.2, 0.25) is 11.5 Å². The topological polar surface area (TPSA) is 105 Å². The van der Waals surface area contributed by atoms with Crippen molar-refractivity contribution in [3.63, 3.8) is 0 Å². The largest absolute Gasteiger partial charge is 0.493 e. The van der Waals surface area contributed by atoms with E-state index in [4.69, 9.17) is 33.2 Å². The number of ketones is 1. The van der Waals surface area contributed by atoms with Gasteiger partial charge in [0, 0.05) is 25.2 Å². The number of Topliss-reactive ketones (excluding diaryl/α,β-unsaturated/α-hetero) is 1. The molecule has 1 aliphatic heterocycles. The number of rotatable bonds is 20. The Morgan fingerprint density at radius 1 is 0.681 bits per heavy atom. The lowest BCUT2D eigenvalue weighted by molar-refractivity contribution is 0.0221. The van der Waals surface area contributed by atoms with E-state index in [0.717, 1.165) is 45.7 Å². The predicted octanol–water partition coefficient (Wildman–Crippen LogP) is 5.90. The average Bonchev–Trinajstić information content (AvgIpc) is 3.32. The van der Waals surface area contributed by atoms with Gasteiger partial charge in [-0.05, 0) is 82.9 Å². The molecule has 0 spiro atoms. The van der Waals surface area contributed by atoms with Crippen molar-refractivity contribution in [2.45, 2.75) is 64.9 Å². The number of carbonyl (C=O) groups excluding carboxylic acids is 2. The number of ether oxygens (including phenoxy) is 7. The Balaban J connectivity index is 1.70. The Kier molecular flexibility index (Phi) is 15.9. The summed E-state index contributed by atoms with van der Waals surface area (Å²) in [7, 11) is 7.60. The van der Waals surface area contributed by atoms with Gasteiger partial charge in [0.25, 0.3) is 0 Å². The van der Waals surface area contributed by atoms with Gasteiger partial charge in [-0.25, -0.2) is 4.79 Å². The normalized spacial score (nSPS) is 14.5. The maximum Gasteiger partial charge on any atom is 0.338 e. The summed E-state index contributed by atoms with van der Waals surface area (Å²) in [6.45, 7) is 10.2. The number of hydrogen-bond donors (Lipinski definition) is 0. The van der Waals surface area contributed by atoms with E-state index in [1.54, 1.807) is 24.3 Å². The molecule has 0 radical (unpaired) electrons. The molecule has 0 aromatic heterocycles. The van der Waals surface area contributed by atoms with E-state index in [-0.39, 0.29) is 11.9 Å². The molecule has 1 fully saturated rings. The molecule has 0 bridgehead atoms. The lowest BCUT2D eigenvalue weighted by Gasteiger charge is -2.25. The van der Waals surface area contributed by atoms with Crippen LogP contribution in [0.5, 0.6) is 34.5 Å². The summed E-state index contributed by atoms with van der Waals surface area (Å²) in [5, 5.41) is 0. The maximum absolute atomic E-state index is 13.5. The van der Waals surface area contributed by atoms with Gasteiger partial charge in [-0.3, -0.25) is 4.79 Å². The molecule has 1 saturated heterocycles. The SMILES string of the molecule is CCCCCN1CCCN(CCC(CCCOc2cc(C(C)=O)cc(OC)c2OC)OC(=O)c2cc(OC)c(OC)c(OC)c2)CC1. The summed E-state index contributed by atoms with van der Waals surface area (Å²) < 4.78 is 39.5. The number of unbranched alkanes of at least 4 members (excludes halogenated alkanes) is 2. The number of hydrogen-bond acceptors (Lipinski definition) is 11. The molecular weight excluding hydrogens is 604 g/mol. The Labute approximate surface area is 280 Å². The predicted molar refractivity (Wildman–Crippen MR) is 181 cm³/mol. The smallest absolute Gasteiger partial charge is 0.338 e. The zero-order valence-electron chi connectivity index (χ0n) is 29.4. The second kappa shape index (κ2) is 19.8. The fourth-order valence-electron chi connectivity index (χ4n) is 5.80. The minimum Gasteiger partial charge on any atom is -0.493 e. The van der Waals surface area contributed by atoms with Crippen LogP contribution < -0.4 is 28.4 Å². The van der Waals surface area contributed by atoms with E-state index in [0.29, 0.717) is 71.5 Å². The van der Waals surface area contributed by atoms with Crippen LogP contribution >= 0.6 is 0 Å². The van der Waals surface area contributed by atoms with Crippen LogP contribution in [0.4, 0.5) is 0 Å². The van der Waals surface area contributed by atoms with Crippen LogP contribution in [0, 0.1) is 0 Å². The number of methoxy groups -OCH3 is 5. The highest BCUT2D eigenvalue weighted by Crippen LogP contribution is 2.40. The van der Waals surface area contributed by atoms with E-state index in [1.807, 2.05) is 0 Å². The zero-order valence-corrected chi connectivity index (χ0v) is 29.4. The zero-order chi connectivity index (χ0) is 34.2. The fraction of sp³-hybridized carbons (Fsp3) is 0.611. The summed E-state index contributed by atoms with van der Waals surface area (Å²) in [5.41, 5.74) is 0.785. The molecule has 47 heavy (non-hydrogen) atoms. The Morgan fingerprint density at radius 2 is 1.23 bits per heavy atom. The molecule has 11 heteroatoms. The Morgan fingerprint density at radius 3 is 1.79 bits per heavy atom. The number of nitrogens with zero attached hydrogens (tertiary/aromatic N) is 2. The van der Waals surface area contributed by atoms with Crippen molar-refractivity contribution in [3.05, 3.63) is 35.4 Å². The van der Waals surface area contributed by atoms with E-state index in [2.05, 4.69) is 16.7 Å². The van der Waals surface area contributed by atoms with Crippen LogP contribution in [-0.2, 0) is 4.74 Å². The highest BCUT2D eigenvalue weighted by molar-refractivity contribution is 5.95. The summed E-state index contributed by atoms with van der Waals surface area (Å²) in [4.78, 5) is 30.6. The molecule has 0 amide bonds. The van der Waals surface area contributed by atoms with Crippen molar-refractivity contribution >= 4 is 11.8 Å². The molecule has 0 N–H and O–H groups in total. The number of benzene rings is 2. The first-order chi connectivity index (χ1) is 22.8. The van der Waals surface area contributed by atoms with Crippen LogP contribution in [0.2, 0.25) is 0 Å². The molecule has 262 valence electrons. The van der Waals surface area contributed by atoms with Gasteiger partial charge in [-0.1, -0.05) is 19.8 Å². The second-order valence-corrected chi connectivity index (χ2v) is 11.7. The van der Waals surface area contributed by atoms with E-state index in [9.17, 15) is 9.59 Å². The van der Waals surface area contributed by atoms with Gasteiger partial charge in [-0.2, -0.15) is 0 Å². The van der Waals surface area contributed by atoms with Crippen molar-refractivity contribution in [3.8, 4) is 34.5 Å². The van der Waals surface area contributed by atoms with Gasteiger partial charge in [-0.15, -0.1) is 0 Å². The minimum absolute atomic E-state index is 0.104. The van der Waals surface area contributed by atoms with Gasteiger partial charge in [0.15, 0.2) is 28.8 Å². The van der Waals surface area contributed by atoms with Crippen LogP contribution in [0.1, 0.15) is 79.5 Å². The van der Waals surface area contributed by atoms with Crippen LogP contribution in [0.3, 0.4) is 0 Å². The van der Waals surface area contributed by atoms with Gasteiger partial charge < -0.3 is 43.0 Å². The highest BCUT2D eigenvalue weighted by Gasteiger charge is 2.23. The van der Waals surface area contributed by atoms with E-state index in [1.165, 1.54) is 61.7 Å². The molecule has 2 aromatic carbocycles. The molecule has 2 aromatic rings. The minimum atomic E-state index is -0.464. The molecule has 1 atom stereocenters. The number of carbonyl (C=O) groups is 2. The Hall–Kier alpha value is -3.70. The van der Waals surface area contributed by atoms with Crippen LogP contribution in [0.15, 0.2) is 24.3 Å². The molecule has 0 saturated carbocycles.